The van der Waals surface area contributed by atoms with Gasteiger partial charge in [-0.2, -0.15) is 5.10 Å². The van der Waals surface area contributed by atoms with Gasteiger partial charge in [-0.15, -0.1) is 11.3 Å². The molecule has 0 saturated carbocycles. The average molecular weight is 347 g/mol. The van der Waals surface area contributed by atoms with Crippen LogP contribution in [-0.4, -0.2) is 50.5 Å². The third-order valence-corrected chi connectivity index (χ3v) is 6.46. The minimum Gasteiger partial charge on any atom is -0.390 e. The van der Waals surface area contributed by atoms with Crippen molar-refractivity contribution < 1.29 is 5.11 Å². The lowest BCUT2D eigenvalue weighted by Crippen LogP contribution is -2.40. The maximum Gasteiger partial charge on any atom is 0.0974 e. The van der Waals surface area contributed by atoms with Crippen molar-refractivity contribution in [1.82, 2.24) is 19.7 Å². The first kappa shape index (κ1) is 16.2. The molecule has 0 radical (unpaired) electrons. The monoisotopic (exact) mass is 346 g/mol. The summed E-state index contributed by atoms with van der Waals surface area (Å²) in [6, 6.07) is 1.90. The lowest BCUT2D eigenvalue weighted by atomic mass is 9.98. The van der Waals surface area contributed by atoms with Crippen LogP contribution in [0.4, 0.5) is 0 Å². The number of thiazole rings is 1. The van der Waals surface area contributed by atoms with Gasteiger partial charge in [0, 0.05) is 36.3 Å². The molecule has 0 spiro atoms. The van der Waals surface area contributed by atoms with Gasteiger partial charge in [-0.1, -0.05) is 0 Å². The molecule has 130 valence electrons. The van der Waals surface area contributed by atoms with E-state index in [-0.39, 0.29) is 6.10 Å². The molecule has 1 aliphatic carbocycles. The number of β-amino-alcohol motifs (C(OH)–C–C–N with tert-alkyl or cyclic N) is 1. The second-order valence-electron chi connectivity index (χ2n) is 7.11. The van der Waals surface area contributed by atoms with Crippen molar-refractivity contribution in [2.45, 2.75) is 57.1 Å². The Morgan fingerprint density at radius 3 is 3.00 bits per heavy atom. The molecule has 2 aliphatic rings. The smallest absolute Gasteiger partial charge is 0.0974 e. The van der Waals surface area contributed by atoms with Crippen LogP contribution in [0.15, 0.2) is 18.5 Å². The molecule has 2 aromatic heterocycles. The Morgan fingerprint density at radius 2 is 2.17 bits per heavy atom. The van der Waals surface area contributed by atoms with Gasteiger partial charge in [0.15, 0.2) is 0 Å². The predicted molar refractivity (Wildman–Crippen MR) is 95.4 cm³/mol. The number of fused-ring (bicyclic) bond motifs is 1. The van der Waals surface area contributed by atoms with E-state index in [1.165, 1.54) is 54.1 Å². The highest BCUT2D eigenvalue weighted by molar-refractivity contribution is 7.11. The molecule has 6 heteroatoms. The second-order valence-corrected chi connectivity index (χ2v) is 8.22. The fourth-order valence-electron chi connectivity index (χ4n) is 3.95. The summed E-state index contributed by atoms with van der Waals surface area (Å²) in [5.74, 6) is 0.547. The number of hydrogen-bond donors (Lipinski definition) is 1. The zero-order chi connectivity index (χ0) is 16.4. The van der Waals surface area contributed by atoms with Gasteiger partial charge in [0.25, 0.3) is 0 Å². The number of nitrogens with zero attached hydrogens (tertiary/aromatic N) is 4. The van der Waals surface area contributed by atoms with E-state index in [9.17, 15) is 5.11 Å². The summed E-state index contributed by atoms with van der Waals surface area (Å²) < 4.78 is 1.81. The third-order valence-electron chi connectivity index (χ3n) is 5.14. The second kappa shape index (κ2) is 7.33. The van der Waals surface area contributed by atoms with Gasteiger partial charge in [-0.05, 0) is 51.1 Å². The summed E-state index contributed by atoms with van der Waals surface area (Å²) in [5.41, 5.74) is 1.37. The van der Waals surface area contributed by atoms with Crippen LogP contribution in [0, 0.1) is 0 Å². The molecule has 1 aliphatic heterocycles. The van der Waals surface area contributed by atoms with Crippen LogP contribution in [0.5, 0.6) is 0 Å². The van der Waals surface area contributed by atoms with Crippen LogP contribution in [0.25, 0.3) is 0 Å². The van der Waals surface area contributed by atoms with E-state index < -0.39 is 0 Å². The van der Waals surface area contributed by atoms with Crippen molar-refractivity contribution in [3.8, 4) is 0 Å². The van der Waals surface area contributed by atoms with Crippen LogP contribution >= 0.6 is 11.3 Å². The van der Waals surface area contributed by atoms with Crippen molar-refractivity contribution in [2.24, 2.45) is 0 Å². The van der Waals surface area contributed by atoms with Crippen molar-refractivity contribution in [2.75, 3.05) is 19.6 Å². The Balaban J connectivity index is 1.36. The predicted octanol–water partition coefficient (Wildman–Crippen LogP) is 2.46. The molecule has 0 unspecified atom stereocenters. The number of aliphatic hydroxyl groups is 1. The Morgan fingerprint density at radius 1 is 1.25 bits per heavy atom. The zero-order valence-electron chi connectivity index (χ0n) is 14.1. The Bertz CT molecular complexity index is 631. The van der Waals surface area contributed by atoms with Crippen LogP contribution < -0.4 is 0 Å². The summed E-state index contributed by atoms with van der Waals surface area (Å²) in [5, 5.41) is 15.9. The Labute approximate surface area is 147 Å². The van der Waals surface area contributed by atoms with Crippen LogP contribution in [0.1, 0.15) is 47.2 Å². The average Bonchev–Trinajstić information content (AvgIpc) is 3.24. The molecule has 3 heterocycles. The fourth-order valence-corrected chi connectivity index (χ4v) is 5.23. The number of likely N-dealkylation sites (tertiary alicyclic amines) is 1. The van der Waals surface area contributed by atoms with E-state index in [1.807, 2.05) is 23.6 Å². The maximum absolute atomic E-state index is 10.3. The van der Waals surface area contributed by atoms with Gasteiger partial charge in [-0.25, -0.2) is 4.98 Å². The summed E-state index contributed by atoms with van der Waals surface area (Å²) in [6.07, 6.45) is 10.7. The zero-order valence-corrected chi connectivity index (χ0v) is 14.9. The molecule has 1 saturated heterocycles. The first-order chi connectivity index (χ1) is 11.8. The first-order valence-electron chi connectivity index (χ1n) is 9.14. The van der Waals surface area contributed by atoms with Crippen LogP contribution in [0.3, 0.4) is 0 Å². The quantitative estimate of drug-likeness (QED) is 0.904. The molecular formula is C18H26N4OS. The molecule has 0 aromatic carbocycles. The van der Waals surface area contributed by atoms with E-state index in [2.05, 4.69) is 10.00 Å². The van der Waals surface area contributed by atoms with Gasteiger partial charge in [-0.3, -0.25) is 4.68 Å². The van der Waals surface area contributed by atoms with Crippen LogP contribution in [-0.2, 0) is 19.4 Å². The normalized spacial score (nSPS) is 23.1. The topological polar surface area (TPSA) is 54.2 Å². The number of aliphatic hydroxyl groups excluding tert-OH is 1. The summed E-state index contributed by atoms with van der Waals surface area (Å²) in [4.78, 5) is 8.90. The van der Waals surface area contributed by atoms with Gasteiger partial charge in [0.1, 0.15) is 0 Å². The van der Waals surface area contributed by atoms with Gasteiger partial charge < -0.3 is 10.0 Å². The lowest BCUT2D eigenvalue weighted by molar-refractivity contribution is 0.0807. The molecule has 2 aromatic rings. The van der Waals surface area contributed by atoms with Gasteiger partial charge >= 0.3 is 0 Å². The number of piperidine rings is 1. The summed E-state index contributed by atoms with van der Waals surface area (Å²) in [7, 11) is 0. The first-order valence-corrected chi connectivity index (χ1v) is 9.96. The SMILES string of the molecule is O[C@H](CN1CCC[C@H](c2nc3c(s2)CCCC3)C1)Cn1cccn1. The fraction of sp³-hybridized carbons (Fsp3) is 0.667. The highest BCUT2D eigenvalue weighted by Crippen LogP contribution is 2.34. The standard InChI is InChI=1S/C18H26N4OS/c23-15(13-22-10-4-8-19-22)12-21-9-3-5-14(11-21)18-20-16-6-1-2-7-17(16)24-18/h4,8,10,14-15,23H,1-3,5-7,9,11-13H2/t14-,15+/m0/s1. The maximum atomic E-state index is 10.3. The van der Waals surface area contributed by atoms with Crippen molar-refractivity contribution in [1.29, 1.82) is 0 Å². The molecule has 0 bridgehead atoms. The van der Waals surface area contributed by atoms with E-state index in [1.54, 1.807) is 10.9 Å². The van der Waals surface area contributed by atoms with Gasteiger partial charge in [0.05, 0.1) is 23.4 Å². The third kappa shape index (κ3) is 3.71. The molecular weight excluding hydrogens is 320 g/mol. The minimum atomic E-state index is -0.367. The van der Waals surface area contributed by atoms with E-state index in [0.29, 0.717) is 12.5 Å². The molecule has 0 amide bonds. The highest BCUT2D eigenvalue weighted by atomic mass is 32.1. The molecule has 1 fully saturated rings. The molecule has 1 N–H and O–H groups in total. The molecule has 24 heavy (non-hydrogen) atoms. The van der Waals surface area contributed by atoms with E-state index >= 15 is 0 Å². The van der Waals surface area contributed by atoms with E-state index in [0.717, 1.165) is 19.6 Å². The number of rotatable bonds is 5. The summed E-state index contributed by atoms with van der Waals surface area (Å²) in [6.45, 7) is 3.40. The Kier molecular flexibility index (Phi) is 4.96. The number of aryl methyl sites for hydroxylation is 2. The summed E-state index contributed by atoms with van der Waals surface area (Å²) >= 11 is 1.95. The van der Waals surface area contributed by atoms with Crippen molar-refractivity contribution >= 4 is 11.3 Å². The van der Waals surface area contributed by atoms with E-state index in [4.69, 9.17) is 4.98 Å². The lowest BCUT2D eigenvalue weighted by Gasteiger charge is -2.33. The molecule has 5 nitrogen and oxygen atoms in total. The van der Waals surface area contributed by atoms with Crippen LogP contribution in [0.2, 0.25) is 0 Å². The van der Waals surface area contributed by atoms with Crippen molar-refractivity contribution in [3.63, 3.8) is 0 Å². The Hall–Kier alpha value is -1.24. The number of hydrogen-bond acceptors (Lipinski definition) is 5. The largest absolute Gasteiger partial charge is 0.390 e. The molecule has 2 atom stereocenters. The molecule has 4 rings (SSSR count). The highest BCUT2D eigenvalue weighted by Gasteiger charge is 2.27. The van der Waals surface area contributed by atoms with Gasteiger partial charge in [0.2, 0.25) is 0 Å². The minimum absolute atomic E-state index is 0.367. The number of aromatic nitrogens is 3. The van der Waals surface area contributed by atoms with Crippen molar-refractivity contribution in [3.05, 3.63) is 34.0 Å².